The van der Waals surface area contributed by atoms with Gasteiger partial charge in [-0.15, -0.1) is 11.3 Å². The summed E-state index contributed by atoms with van der Waals surface area (Å²) in [5.41, 5.74) is 0.456. The summed E-state index contributed by atoms with van der Waals surface area (Å²) in [6, 6.07) is 12.4. The number of amides is 2. The van der Waals surface area contributed by atoms with Crippen molar-refractivity contribution in [3.63, 3.8) is 0 Å². The summed E-state index contributed by atoms with van der Waals surface area (Å²) in [7, 11) is 1.65. The molecule has 0 aliphatic heterocycles. The normalized spacial score (nSPS) is 10.0. The number of hydrogen-bond donors (Lipinski definition) is 1. The average molecular weight is 346 g/mol. The second kappa shape index (κ2) is 8.83. The molecule has 2 aromatic rings. The highest BCUT2D eigenvalue weighted by Crippen LogP contribution is 2.10. The standard InChI is InChI=1S/C17H18N2O4S/c1-19(11-14-8-5-9-24-14)15(20)12-23-16(21)10-18-17(22)13-6-3-2-4-7-13/h2-9H,10-12H2,1H3,(H,18,22). The predicted octanol–water partition coefficient (Wildman–Crippen LogP) is 1.68. The molecular formula is C17H18N2O4S. The molecule has 1 aromatic carbocycles. The van der Waals surface area contributed by atoms with E-state index in [4.69, 9.17) is 4.74 Å². The van der Waals surface area contributed by atoms with Gasteiger partial charge in [0, 0.05) is 17.5 Å². The van der Waals surface area contributed by atoms with Gasteiger partial charge in [0.15, 0.2) is 6.61 Å². The van der Waals surface area contributed by atoms with Crippen LogP contribution in [0.4, 0.5) is 0 Å². The predicted molar refractivity (Wildman–Crippen MR) is 90.5 cm³/mol. The lowest BCUT2D eigenvalue weighted by atomic mass is 10.2. The first kappa shape index (κ1) is 17.7. The van der Waals surface area contributed by atoms with Crippen LogP contribution in [0.25, 0.3) is 0 Å². The molecular weight excluding hydrogens is 328 g/mol. The highest BCUT2D eigenvalue weighted by molar-refractivity contribution is 7.09. The molecule has 7 heteroatoms. The minimum Gasteiger partial charge on any atom is -0.454 e. The number of esters is 1. The van der Waals surface area contributed by atoms with Gasteiger partial charge in [0.05, 0.1) is 6.54 Å². The SMILES string of the molecule is CN(Cc1cccs1)C(=O)COC(=O)CNC(=O)c1ccccc1. The zero-order chi connectivity index (χ0) is 17.4. The fourth-order valence-electron chi connectivity index (χ4n) is 1.87. The van der Waals surface area contributed by atoms with Crippen LogP contribution in [0.3, 0.4) is 0 Å². The van der Waals surface area contributed by atoms with E-state index < -0.39 is 5.97 Å². The van der Waals surface area contributed by atoms with E-state index in [9.17, 15) is 14.4 Å². The Morgan fingerprint density at radius 3 is 2.54 bits per heavy atom. The van der Waals surface area contributed by atoms with Gasteiger partial charge in [-0.05, 0) is 23.6 Å². The Bertz CT molecular complexity index is 686. The summed E-state index contributed by atoms with van der Waals surface area (Å²) in [5, 5.41) is 4.38. The molecule has 0 saturated carbocycles. The van der Waals surface area contributed by atoms with Crippen molar-refractivity contribution in [2.45, 2.75) is 6.54 Å². The van der Waals surface area contributed by atoms with Crippen LogP contribution in [-0.2, 0) is 20.9 Å². The van der Waals surface area contributed by atoms with Gasteiger partial charge >= 0.3 is 5.97 Å². The van der Waals surface area contributed by atoms with Crippen molar-refractivity contribution in [1.82, 2.24) is 10.2 Å². The van der Waals surface area contributed by atoms with Gasteiger partial charge in [-0.2, -0.15) is 0 Å². The van der Waals surface area contributed by atoms with Gasteiger partial charge in [0.2, 0.25) is 0 Å². The van der Waals surface area contributed by atoms with Crippen LogP contribution in [0.15, 0.2) is 47.8 Å². The van der Waals surface area contributed by atoms with E-state index >= 15 is 0 Å². The Kier molecular flexibility index (Phi) is 6.51. The molecule has 126 valence electrons. The zero-order valence-electron chi connectivity index (χ0n) is 13.2. The summed E-state index contributed by atoms with van der Waals surface area (Å²) in [6.45, 7) is -0.156. The van der Waals surface area contributed by atoms with Crippen LogP contribution in [0.1, 0.15) is 15.2 Å². The summed E-state index contributed by atoms with van der Waals surface area (Å²) < 4.78 is 4.89. The molecule has 6 nitrogen and oxygen atoms in total. The molecule has 0 aliphatic carbocycles. The summed E-state index contributed by atoms with van der Waals surface area (Å²) >= 11 is 1.55. The van der Waals surface area contributed by atoms with Crippen LogP contribution in [0, 0.1) is 0 Å². The third kappa shape index (κ3) is 5.51. The number of benzene rings is 1. The molecule has 0 atom stereocenters. The quantitative estimate of drug-likeness (QED) is 0.774. The summed E-state index contributed by atoms with van der Waals surface area (Å²) in [6.07, 6.45) is 0. The van der Waals surface area contributed by atoms with Gasteiger partial charge in [-0.3, -0.25) is 14.4 Å². The van der Waals surface area contributed by atoms with Crippen LogP contribution in [-0.4, -0.2) is 42.9 Å². The fraction of sp³-hybridized carbons (Fsp3) is 0.235. The maximum Gasteiger partial charge on any atom is 0.325 e. The minimum atomic E-state index is -0.655. The van der Waals surface area contributed by atoms with Gasteiger partial charge in [-0.1, -0.05) is 24.3 Å². The number of hydrogen-bond acceptors (Lipinski definition) is 5. The number of likely N-dealkylation sites (N-methyl/N-ethyl adjacent to an activating group) is 1. The van der Waals surface area contributed by atoms with Crippen molar-refractivity contribution < 1.29 is 19.1 Å². The summed E-state index contributed by atoms with van der Waals surface area (Å²) in [5.74, 6) is -1.32. The van der Waals surface area contributed by atoms with Crippen molar-refractivity contribution in [1.29, 1.82) is 0 Å². The number of nitrogens with zero attached hydrogens (tertiary/aromatic N) is 1. The summed E-state index contributed by atoms with van der Waals surface area (Å²) in [4.78, 5) is 37.8. The Balaban J connectivity index is 1.69. The number of nitrogens with one attached hydrogen (secondary N) is 1. The second-order valence-corrected chi connectivity index (χ2v) is 6.07. The number of thiophene rings is 1. The van der Waals surface area contributed by atoms with E-state index in [1.165, 1.54) is 4.90 Å². The second-order valence-electron chi connectivity index (χ2n) is 5.04. The molecule has 1 heterocycles. The number of carbonyl (C=O) groups is 3. The molecule has 0 spiro atoms. The topological polar surface area (TPSA) is 75.7 Å². The van der Waals surface area contributed by atoms with Crippen molar-refractivity contribution in [3.8, 4) is 0 Å². The molecule has 1 aromatic heterocycles. The minimum absolute atomic E-state index is 0.282. The van der Waals surface area contributed by atoms with Crippen molar-refractivity contribution in [2.24, 2.45) is 0 Å². The number of rotatable bonds is 7. The molecule has 0 bridgehead atoms. The van der Waals surface area contributed by atoms with Crippen LogP contribution >= 0.6 is 11.3 Å². The first-order valence-electron chi connectivity index (χ1n) is 7.31. The Morgan fingerprint density at radius 2 is 1.88 bits per heavy atom. The lowest BCUT2D eigenvalue weighted by molar-refractivity contribution is -0.150. The zero-order valence-corrected chi connectivity index (χ0v) is 14.0. The Morgan fingerprint density at radius 1 is 1.12 bits per heavy atom. The highest BCUT2D eigenvalue weighted by Gasteiger charge is 2.14. The molecule has 0 radical (unpaired) electrons. The molecule has 24 heavy (non-hydrogen) atoms. The Labute approximate surface area is 144 Å². The Hall–Kier alpha value is -2.67. The molecule has 1 N–H and O–H groups in total. The fourth-order valence-corrected chi connectivity index (χ4v) is 2.63. The number of carbonyl (C=O) groups excluding carboxylic acids is 3. The lowest BCUT2D eigenvalue weighted by Gasteiger charge is -2.16. The van der Waals surface area contributed by atoms with E-state index in [1.807, 2.05) is 17.5 Å². The largest absolute Gasteiger partial charge is 0.454 e. The molecule has 0 aliphatic rings. The molecule has 2 amide bonds. The van der Waals surface area contributed by atoms with E-state index in [0.29, 0.717) is 12.1 Å². The van der Waals surface area contributed by atoms with Gasteiger partial charge in [-0.25, -0.2) is 0 Å². The molecule has 0 fully saturated rings. The molecule has 2 rings (SSSR count). The van der Waals surface area contributed by atoms with Crippen LogP contribution in [0.5, 0.6) is 0 Å². The van der Waals surface area contributed by atoms with E-state index in [1.54, 1.807) is 48.7 Å². The van der Waals surface area contributed by atoms with Gasteiger partial charge in [0.1, 0.15) is 6.54 Å². The third-order valence-corrected chi connectivity index (χ3v) is 4.05. The van der Waals surface area contributed by atoms with Crippen molar-refractivity contribution in [3.05, 3.63) is 58.3 Å². The van der Waals surface area contributed by atoms with Crippen LogP contribution < -0.4 is 5.32 Å². The average Bonchev–Trinajstić information content (AvgIpc) is 3.11. The molecule has 0 saturated heterocycles. The van der Waals surface area contributed by atoms with Crippen molar-refractivity contribution >= 4 is 29.1 Å². The maximum absolute atomic E-state index is 11.9. The highest BCUT2D eigenvalue weighted by atomic mass is 32.1. The lowest BCUT2D eigenvalue weighted by Crippen LogP contribution is -2.34. The monoisotopic (exact) mass is 346 g/mol. The molecule has 0 unspecified atom stereocenters. The smallest absolute Gasteiger partial charge is 0.325 e. The maximum atomic E-state index is 11.9. The van der Waals surface area contributed by atoms with E-state index in [-0.39, 0.29) is 25.0 Å². The number of ether oxygens (including phenoxy) is 1. The van der Waals surface area contributed by atoms with E-state index in [0.717, 1.165) is 4.88 Å². The van der Waals surface area contributed by atoms with Crippen molar-refractivity contribution in [2.75, 3.05) is 20.2 Å². The first-order valence-corrected chi connectivity index (χ1v) is 8.19. The van der Waals surface area contributed by atoms with Crippen LogP contribution in [0.2, 0.25) is 0 Å². The van der Waals surface area contributed by atoms with Gasteiger partial charge < -0.3 is 15.0 Å². The first-order chi connectivity index (χ1) is 11.6. The van der Waals surface area contributed by atoms with Gasteiger partial charge in [0.25, 0.3) is 11.8 Å². The third-order valence-electron chi connectivity index (χ3n) is 3.18. The van der Waals surface area contributed by atoms with E-state index in [2.05, 4.69) is 5.32 Å².